The highest BCUT2D eigenvalue weighted by Gasteiger charge is 2.38. The predicted octanol–water partition coefficient (Wildman–Crippen LogP) is 2.66. The highest BCUT2D eigenvalue weighted by Crippen LogP contribution is 2.23. The molecule has 4 heteroatoms. The molecule has 0 bridgehead atoms. The smallest absolute Gasteiger partial charge is 0.223 e. The first-order valence-corrected chi connectivity index (χ1v) is 8.37. The van der Waals surface area contributed by atoms with E-state index in [1.165, 1.54) is 0 Å². The number of ether oxygens (including phenoxy) is 1. The summed E-state index contributed by atoms with van der Waals surface area (Å²) < 4.78 is 5.66. The number of β-amino-alcohol motifs (C(OH)–C–C–N with tert-alkyl or cyclic N) is 1. The molecule has 1 atom stereocenters. The van der Waals surface area contributed by atoms with E-state index in [1.54, 1.807) is 4.90 Å². The second kappa shape index (κ2) is 7.49. The SMILES string of the molecule is O=C(CCc1ccccc1)N1CCC(O)(COc2ccccc2)C1. The van der Waals surface area contributed by atoms with Crippen LogP contribution in [0.4, 0.5) is 0 Å². The summed E-state index contributed by atoms with van der Waals surface area (Å²) in [5.74, 6) is 0.828. The maximum absolute atomic E-state index is 12.4. The van der Waals surface area contributed by atoms with Crippen molar-refractivity contribution in [2.45, 2.75) is 24.9 Å². The van der Waals surface area contributed by atoms with Gasteiger partial charge in [-0.1, -0.05) is 48.5 Å². The minimum absolute atomic E-state index is 0.0921. The van der Waals surface area contributed by atoms with Crippen molar-refractivity contribution < 1.29 is 14.6 Å². The number of likely N-dealkylation sites (tertiary alicyclic amines) is 1. The molecule has 1 saturated heterocycles. The van der Waals surface area contributed by atoms with E-state index >= 15 is 0 Å². The summed E-state index contributed by atoms with van der Waals surface area (Å²) in [6.45, 7) is 1.13. The maximum Gasteiger partial charge on any atom is 0.223 e. The molecular formula is C20H23NO3. The van der Waals surface area contributed by atoms with Crippen LogP contribution in [0.25, 0.3) is 0 Å². The van der Waals surface area contributed by atoms with Crippen LogP contribution in [0.5, 0.6) is 5.75 Å². The van der Waals surface area contributed by atoms with E-state index in [4.69, 9.17) is 4.74 Å². The van der Waals surface area contributed by atoms with Gasteiger partial charge in [-0.05, 0) is 30.5 Å². The molecule has 0 aromatic heterocycles. The molecule has 4 nitrogen and oxygen atoms in total. The van der Waals surface area contributed by atoms with Crippen LogP contribution in [0.15, 0.2) is 60.7 Å². The van der Waals surface area contributed by atoms with Gasteiger partial charge in [-0.2, -0.15) is 0 Å². The van der Waals surface area contributed by atoms with Gasteiger partial charge in [0.05, 0.1) is 6.54 Å². The molecule has 0 radical (unpaired) electrons. The molecule has 1 N–H and O–H groups in total. The van der Waals surface area contributed by atoms with Gasteiger partial charge in [0.15, 0.2) is 0 Å². The lowest BCUT2D eigenvalue weighted by molar-refractivity contribution is -0.131. The topological polar surface area (TPSA) is 49.8 Å². The minimum atomic E-state index is -0.960. The Kier molecular flexibility index (Phi) is 5.16. The van der Waals surface area contributed by atoms with Crippen LogP contribution in [-0.4, -0.2) is 41.2 Å². The normalized spacial score (nSPS) is 20.1. The van der Waals surface area contributed by atoms with Gasteiger partial charge < -0.3 is 14.7 Å². The van der Waals surface area contributed by atoms with Gasteiger partial charge in [-0.3, -0.25) is 4.79 Å². The molecular weight excluding hydrogens is 302 g/mol. The lowest BCUT2D eigenvalue weighted by Crippen LogP contribution is -2.40. The van der Waals surface area contributed by atoms with E-state index in [-0.39, 0.29) is 12.5 Å². The number of carbonyl (C=O) groups is 1. The van der Waals surface area contributed by atoms with Crippen LogP contribution in [0.1, 0.15) is 18.4 Å². The van der Waals surface area contributed by atoms with Gasteiger partial charge in [0.1, 0.15) is 18.0 Å². The molecule has 0 saturated carbocycles. The zero-order chi connectivity index (χ0) is 16.8. The molecule has 2 aromatic carbocycles. The van der Waals surface area contributed by atoms with Crippen molar-refractivity contribution >= 4 is 5.91 Å². The average molecular weight is 325 g/mol. The van der Waals surface area contributed by atoms with Crippen molar-refractivity contribution in [3.05, 3.63) is 66.2 Å². The molecule has 3 rings (SSSR count). The fourth-order valence-corrected chi connectivity index (χ4v) is 2.98. The Morgan fingerprint density at radius 2 is 1.75 bits per heavy atom. The third-order valence-corrected chi connectivity index (χ3v) is 4.41. The fraction of sp³-hybridized carbons (Fsp3) is 0.350. The van der Waals surface area contributed by atoms with Gasteiger partial charge in [0, 0.05) is 13.0 Å². The van der Waals surface area contributed by atoms with Crippen LogP contribution in [0.3, 0.4) is 0 Å². The van der Waals surface area contributed by atoms with E-state index in [1.807, 2.05) is 60.7 Å². The Morgan fingerprint density at radius 3 is 2.46 bits per heavy atom. The van der Waals surface area contributed by atoms with Crippen molar-refractivity contribution in [2.75, 3.05) is 19.7 Å². The molecule has 0 aliphatic carbocycles. The first kappa shape index (κ1) is 16.5. The summed E-state index contributed by atoms with van der Waals surface area (Å²) in [6.07, 6.45) is 1.76. The monoisotopic (exact) mass is 325 g/mol. The summed E-state index contributed by atoms with van der Waals surface area (Å²) in [7, 11) is 0. The Morgan fingerprint density at radius 1 is 1.08 bits per heavy atom. The van der Waals surface area contributed by atoms with Gasteiger partial charge in [0.2, 0.25) is 5.91 Å². The van der Waals surface area contributed by atoms with Crippen LogP contribution in [0, 0.1) is 0 Å². The number of aryl methyl sites for hydroxylation is 1. The molecule has 1 fully saturated rings. The number of aliphatic hydroxyl groups is 1. The van der Waals surface area contributed by atoms with Crippen LogP contribution in [-0.2, 0) is 11.2 Å². The highest BCUT2D eigenvalue weighted by atomic mass is 16.5. The number of rotatable bonds is 6. The van der Waals surface area contributed by atoms with E-state index in [2.05, 4.69) is 0 Å². The molecule has 24 heavy (non-hydrogen) atoms. The zero-order valence-corrected chi connectivity index (χ0v) is 13.7. The first-order valence-electron chi connectivity index (χ1n) is 8.37. The Balaban J connectivity index is 1.47. The quantitative estimate of drug-likeness (QED) is 0.888. The average Bonchev–Trinajstić information content (AvgIpc) is 3.03. The number of benzene rings is 2. The molecule has 1 amide bonds. The zero-order valence-electron chi connectivity index (χ0n) is 13.7. The highest BCUT2D eigenvalue weighted by molar-refractivity contribution is 5.77. The second-order valence-corrected chi connectivity index (χ2v) is 6.38. The van der Waals surface area contributed by atoms with E-state index in [0.717, 1.165) is 17.7 Å². The van der Waals surface area contributed by atoms with E-state index in [9.17, 15) is 9.90 Å². The molecule has 2 aromatic rings. The van der Waals surface area contributed by atoms with Crippen LogP contribution in [0.2, 0.25) is 0 Å². The third kappa shape index (κ3) is 4.36. The summed E-state index contributed by atoms with van der Waals surface area (Å²) in [4.78, 5) is 14.1. The number of para-hydroxylation sites is 1. The lowest BCUT2D eigenvalue weighted by atomic mass is 10.1. The summed E-state index contributed by atoms with van der Waals surface area (Å²) in [5, 5.41) is 10.6. The lowest BCUT2D eigenvalue weighted by Gasteiger charge is -2.23. The predicted molar refractivity (Wildman–Crippen MR) is 92.8 cm³/mol. The standard InChI is InChI=1S/C20H23NO3/c22-19(12-11-17-7-3-1-4-8-17)21-14-13-20(23,15-21)16-24-18-9-5-2-6-10-18/h1-10,23H,11-16H2. The van der Waals surface area contributed by atoms with Crippen molar-refractivity contribution in [1.82, 2.24) is 4.90 Å². The fourth-order valence-electron chi connectivity index (χ4n) is 2.98. The van der Waals surface area contributed by atoms with Crippen molar-refractivity contribution in [2.24, 2.45) is 0 Å². The largest absolute Gasteiger partial charge is 0.491 e. The van der Waals surface area contributed by atoms with Gasteiger partial charge >= 0.3 is 0 Å². The maximum atomic E-state index is 12.4. The van der Waals surface area contributed by atoms with Crippen LogP contribution < -0.4 is 4.74 Å². The first-order chi connectivity index (χ1) is 11.6. The Labute approximate surface area is 142 Å². The van der Waals surface area contributed by atoms with Gasteiger partial charge in [-0.15, -0.1) is 0 Å². The van der Waals surface area contributed by atoms with E-state index in [0.29, 0.717) is 25.9 Å². The summed E-state index contributed by atoms with van der Waals surface area (Å²) in [5.41, 5.74) is 0.200. The van der Waals surface area contributed by atoms with Crippen molar-refractivity contribution in [3.63, 3.8) is 0 Å². The number of carbonyl (C=O) groups excluding carboxylic acids is 1. The van der Waals surface area contributed by atoms with Crippen molar-refractivity contribution in [3.8, 4) is 5.75 Å². The Hall–Kier alpha value is -2.33. The number of hydrogen-bond acceptors (Lipinski definition) is 3. The summed E-state index contributed by atoms with van der Waals surface area (Å²) >= 11 is 0. The number of nitrogens with zero attached hydrogens (tertiary/aromatic N) is 1. The summed E-state index contributed by atoms with van der Waals surface area (Å²) in [6, 6.07) is 19.4. The molecule has 1 aliphatic heterocycles. The van der Waals surface area contributed by atoms with Gasteiger partial charge in [-0.25, -0.2) is 0 Å². The van der Waals surface area contributed by atoms with E-state index < -0.39 is 5.60 Å². The minimum Gasteiger partial charge on any atom is -0.491 e. The molecule has 1 unspecified atom stereocenters. The molecule has 1 aliphatic rings. The van der Waals surface area contributed by atoms with Gasteiger partial charge in [0.25, 0.3) is 0 Å². The Bertz CT molecular complexity index is 659. The molecule has 1 heterocycles. The number of amides is 1. The molecule has 126 valence electrons. The number of hydrogen-bond donors (Lipinski definition) is 1. The molecule has 0 spiro atoms. The van der Waals surface area contributed by atoms with Crippen LogP contribution >= 0.6 is 0 Å². The van der Waals surface area contributed by atoms with Crippen molar-refractivity contribution in [1.29, 1.82) is 0 Å². The second-order valence-electron chi connectivity index (χ2n) is 6.38. The third-order valence-electron chi connectivity index (χ3n) is 4.41.